The van der Waals surface area contributed by atoms with Gasteiger partial charge in [-0.1, -0.05) is 212 Å². The Balaban J connectivity index is 1.28. The number of benzene rings is 7. The van der Waals surface area contributed by atoms with Gasteiger partial charge in [-0.25, -0.2) is 0 Å². The molecule has 20 heteroatoms. The van der Waals surface area contributed by atoms with Crippen LogP contribution in [0, 0.1) is 0 Å². The highest BCUT2D eigenvalue weighted by atomic mass is 28.6. The SMILES string of the molecule is C[Si]12O[Si]3(c4ccccc4)O[Si]4(c5ccccc5)O[Si](c5ccccc5)(O1)O[Si]1(c5ccccc5)O[Si](c5ccccc5)(O2)O[Si](c2ccccc2)(O3)O[Si](c2ccccc2)(O4)O1. The zero-order valence-corrected chi connectivity index (χ0v) is 41.6. The van der Waals surface area contributed by atoms with Crippen LogP contribution >= 0.6 is 0 Å². The molecule has 7 aromatic carbocycles. The predicted octanol–water partition coefficient (Wildman–Crippen LogP) is 2.74. The molecule has 6 heterocycles. The first kappa shape index (κ1) is 40.3. The Morgan fingerprint density at radius 3 is 0.460 bits per heavy atom. The summed E-state index contributed by atoms with van der Waals surface area (Å²) in [5.41, 5.74) is 0. The highest BCUT2D eigenvalue weighted by Gasteiger charge is 2.85. The molecule has 63 heavy (non-hydrogen) atoms. The molecule has 0 unspecified atom stereocenters. The molecule has 0 aliphatic carbocycles. The van der Waals surface area contributed by atoms with Gasteiger partial charge in [0.05, 0.1) is 0 Å². The fraction of sp³-hybridized carbons (Fsp3) is 0.0233. The van der Waals surface area contributed by atoms with Gasteiger partial charge in [0.25, 0.3) is 0 Å². The molecule has 0 atom stereocenters. The van der Waals surface area contributed by atoms with E-state index in [9.17, 15) is 0 Å². The summed E-state index contributed by atoms with van der Waals surface area (Å²) >= 11 is 0. The molecule has 13 rings (SSSR count). The van der Waals surface area contributed by atoms with E-state index in [1.54, 1.807) is 0 Å². The first-order valence-corrected chi connectivity index (χ1v) is 34.8. The van der Waals surface area contributed by atoms with E-state index in [-0.39, 0.29) is 0 Å². The molecule has 0 aromatic heterocycles. The first-order chi connectivity index (χ1) is 30.7. The molecule has 0 spiro atoms. The highest BCUT2D eigenvalue weighted by Crippen LogP contribution is 2.48. The Kier molecular flexibility index (Phi) is 9.55. The molecule has 314 valence electrons. The lowest BCUT2D eigenvalue weighted by molar-refractivity contribution is -0.00482. The molecule has 0 radical (unpaired) electrons. The van der Waals surface area contributed by atoms with Crippen molar-refractivity contribution in [2.45, 2.75) is 6.55 Å². The van der Waals surface area contributed by atoms with E-state index in [1.165, 1.54) is 0 Å². The zero-order valence-electron chi connectivity index (χ0n) is 33.6. The minimum Gasteiger partial charge on any atom is -0.370 e. The van der Waals surface area contributed by atoms with Crippen molar-refractivity contribution in [3.05, 3.63) is 212 Å². The standard InChI is InChI=1S/C43H38O12Si8/c1-56-44-57(37-23-9-2-10-24-37)47-60(40-29-15-5-16-30-40)49-58(45-56,38-25-11-3-12-26-38)51-62(42-33-19-7-20-34-42)52-59(46-56,39-27-13-4-14-28-39)50-61(48-57,41-31-17-6-18-32-41)54-63(53-60,55-62)43-35-21-8-22-36-43/h2-36H,1H3. The normalized spacial score (nSPS) is 35.4. The molecule has 12 nitrogen and oxygen atoms in total. The van der Waals surface area contributed by atoms with E-state index in [1.807, 2.05) is 219 Å². The third-order valence-electron chi connectivity index (χ3n) is 11.3. The summed E-state index contributed by atoms with van der Waals surface area (Å²) in [5, 5.41) is 4.12. The number of hydrogen-bond donors (Lipinski definition) is 0. The maximum Gasteiger partial charge on any atom is 0.515 e. The summed E-state index contributed by atoms with van der Waals surface area (Å²) in [6.45, 7) is 1.81. The molecular formula is C43H38O12Si8. The van der Waals surface area contributed by atoms with Crippen molar-refractivity contribution in [1.29, 1.82) is 0 Å². The van der Waals surface area contributed by atoms with Crippen molar-refractivity contribution in [2.75, 3.05) is 0 Å². The predicted molar refractivity (Wildman–Crippen MR) is 247 cm³/mol. The Bertz CT molecular complexity index is 2470. The maximum absolute atomic E-state index is 8.00. The van der Waals surface area contributed by atoms with E-state index in [0.29, 0.717) is 36.3 Å². The first-order valence-electron chi connectivity index (χ1n) is 20.5. The van der Waals surface area contributed by atoms with E-state index >= 15 is 0 Å². The quantitative estimate of drug-likeness (QED) is 0.220. The summed E-state index contributed by atoms with van der Waals surface area (Å²) in [5.74, 6) is 0. The van der Waals surface area contributed by atoms with Crippen molar-refractivity contribution in [3.63, 3.8) is 0 Å². The highest BCUT2D eigenvalue weighted by molar-refractivity contribution is 7.13. The summed E-state index contributed by atoms with van der Waals surface area (Å²) in [4.78, 5) is 0. The average Bonchev–Trinajstić information content (AvgIpc) is 3.30. The van der Waals surface area contributed by atoms with Crippen molar-refractivity contribution in [1.82, 2.24) is 0 Å². The van der Waals surface area contributed by atoms with Gasteiger partial charge >= 0.3 is 70.4 Å². The molecule has 8 bridgehead atoms. The van der Waals surface area contributed by atoms with Crippen LogP contribution in [0.5, 0.6) is 0 Å². The Morgan fingerprint density at radius 1 is 0.190 bits per heavy atom. The second-order valence-corrected chi connectivity index (χ2v) is 38.9. The van der Waals surface area contributed by atoms with E-state index < -0.39 is 70.4 Å². The number of rotatable bonds is 7. The van der Waals surface area contributed by atoms with Crippen LogP contribution < -0.4 is 36.3 Å². The van der Waals surface area contributed by atoms with Crippen LogP contribution in [0.4, 0.5) is 0 Å². The summed E-state index contributed by atoms with van der Waals surface area (Å²) in [6.07, 6.45) is 0. The third-order valence-corrected chi connectivity index (χ3v) is 45.6. The van der Waals surface area contributed by atoms with E-state index in [0.717, 1.165) is 0 Å². The van der Waals surface area contributed by atoms with Crippen molar-refractivity contribution >= 4 is 107 Å². The lowest BCUT2D eigenvalue weighted by atomic mass is 10.4. The molecule has 0 saturated carbocycles. The van der Waals surface area contributed by atoms with Gasteiger partial charge in [0.15, 0.2) is 0 Å². The Hall–Kier alpha value is -4.20. The van der Waals surface area contributed by atoms with Crippen LogP contribution in [0.1, 0.15) is 0 Å². The third kappa shape index (κ3) is 6.55. The lowest BCUT2D eigenvalue weighted by Gasteiger charge is -2.62. The summed E-state index contributed by atoms with van der Waals surface area (Å²) in [6, 6.07) is 67.1. The van der Waals surface area contributed by atoms with Crippen molar-refractivity contribution < 1.29 is 49.4 Å². The Morgan fingerprint density at radius 2 is 0.317 bits per heavy atom. The van der Waals surface area contributed by atoms with Crippen LogP contribution in [0.3, 0.4) is 0 Å². The van der Waals surface area contributed by atoms with Crippen molar-refractivity contribution in [2.24, 2.45) is 0 Å². The summed E-state index contributed by atoms with van der Waals surface area (Å²) < 4.78 is 94.7. The van der Waals surface area contributed by atoms with Crippen LogP contribution in [0.25, 0.3) is 0 Å². The van der Waals surface area contributed by atoms with Crippen LogP contribution in [0.15, 0.2) is 212 Å². The molecular weight excluding hydrogens is 933 g/mol. The second-order valence-electron chi connectivity index (χ2n) is 15.5. The monoisotopic (exact) mass is 970 g/mol. The van der Waals surface area contributed by atoms with Crippen LogP contribution in [0.2, 0.25) is 6.55 Å². The maximum atomic E-state index is 8.00. The molecule has 6 fully saturated rings. The summed E-state index contributed by atoms with van der Waals surface area (Å²) in [7, 11) is -36.5. The van der Waals surface area contributed by atoms with Gasteiger partial charge in [0.1, 0.15) is 0 Å². The van der Waals surface area contributed by atoms with Gasteiger partial charge in [0.2, 0.25) is 0 Å². The minimum absolute atomic E-state index is 0.581. The van der Waals surface area contributed by atoms with E-state index in [2.05, 4.69) is 0 Å². The van der Waals surface area contributed by atoms with Gasteiger partial charge in [-0.05, 0) is 0 Å². The van der Waals surface area contributed by atoms with Gasteiger partial charge < -0.3 is 49.4 Å². The van der Waals surface area contributed by atoms with Gasteiger partial charge in [-0.2, -0.15) is 0 Å². The largest absolute Gasteiger partial charge is 0.515 e. The van der Waals surface area contributed by atoms with Gasteiger partial charge in [-0.3, -0.25) is 0 Å². The second kappa shape index (κ2) is 14.9. The fourth-order valence-electron chi connectivity index (χ4n) is 8.56. The number of hydrogen-bond acceptors (Lipinski definition) is 12. The molecule has 6 aliphatic rings. The van der Waals surface area contributed by atoms with Crippen molar-refractivity contribution in [3.8, 4) is 0 Å². The van der Waals surface area contributed by atoms with Crippen LogP contribution in [-0.2, 0) is 49.4 Å². The zero-order chi connectivity index (χ0) is 42.3. The smallest absolute Gasteiger partial charge is 0.370 e. The van der Waals surface area contributed by atoms with E-state index in [4.69, 9.17) is 49.4 Å². The molecule has 7 aromatic rings. The van der Waals surface area contributed by atoms with Gasteiger partial charge in [-0.15, -0.1) is 0 Å². The molecule has 6 aliphatic heterocycles. The molecule has 0 N–H and O–H groups in total. The topological polar surface area (TPSA) is 111 Å². The van der Waals surface area contributed by atoms with Gasteiger partial charge in [0, 0.05) is 42.9 Å². The Labute approximate surface area is 372 Å². The minimum atomic E-state index is -4.67. The lowest BCUT2D eigenvalue weighted by Crippen LogP contribution is -2.95. The fourth-order valence-corrected chi connectivity index (χ4v) is 54.3. The molecule has 0 amide bonds. The van der Waals surface area contributed by atoms with Crippen LogP contribution in [-0.4, -0.2) is 70.4 Å². The molecule has 6 saturated heterocycles. The average molecular weight is 971 g/mol.